The highest BCUT2D eigenvalue weighted by molar-refractivity contribution is 5.81. The van der Waals surface area contributed by atoms with Crippen LogP contribution in [0.1, 0.15) is 57.1 Å². The third-order valence-corrected chi connectivity index (χ3v) is 5.00. The predicted octanol–water partition coefficient (Wildman–Crippen LogP) is 5.30. The minimum atomic E-state index is -0.562. The molecule has 0 fully saturated rings. The van der Waals surface area contributed by atoms with Gasteiger partial charge in [-0.05, 0) is 36.0 Å². The van der Waals surface area contributed by atoms with Gasteiger partial charge < -0.3 is 9.64 Å². The first-order valence-electron chi connectivity index (χ1n) is 10.1. The molecule has 2 aromatic carbocycles. The number of hydrogen-bond donors (Lipinski definition) is 0. The van der Waals surface area contributed by atoms with Gasteiger partial charge >= 0.3 is 0 Å². The molecule has 0 aromatic heterocycles. The molecule has 2 aromatic rings. The fraction of sp³-hybridized carbons (Fsp3) is 0.417. The quantitative estimate of drug-likeness (QED) is 0.564. The summed E-state index contributed by atoms with van der Waals surface area (Å²) < 4.78 is 6.20. The van der Waals surface area contributed by atoms with Gasteiger partial charge in [0.25, 0.3) is 5.91 Å². The van der Waals surface area contributed by atoms with Gasteiger partial charge in [-0.3, -0.25) is 4.79 Å². The van der Waals surface area contributed by atoms with Gasteiger partial charge in [-0.15, -0.1) is 0 Å². The maximum atomic E-state index is 13.2. The molecule has 0 N–H and O–H groups in total. The molecule has 0 bridgehead atoms. The topological polar surface area (TPSA) is 53.3 Å². The highest BCUT2D eigenvalue weighted by Gasteiger charge is 2.26. The minimum absolute atomic E-state index is 0.0689. The zero-order chi connectivity index (χ0) is 20.4. The number of carbonyl (C=O) groups excluding carboxylic acids is 1. The van der Waals surface area contributed by atoms with E-state index in [2.05, 4.69) is 26.0 Å². The van der Waals surface area contributed by atoms with Crippen molar-refractivity contribution in [1.82, 2.24) is 4.90 Å². The second kappa shape index (κ2) is 11.1. The lowest BCUT2D eigenvalue weighted by atomic mass is 9.98. The van der Waals surface area contributed by atoms with E-state index >= 15 is 0 Å². The van der Waals surface area contributed by atoms with Crippen LogP contribution in [0.4, 0.5) is 0 Å². The van der Waals surface area contributed by atoms with Gasteiger partial charge in [-0.1, -0.05) is 69.3 Å². The third kappa shape index (κ3) is 5.85. The van der Waals surface area contributed by atoms with Gasteiger partial charge in [0.1, 0.15) is 5.75 Å². The summed E-state index contributed by atoms with van der Waals surface area (Å²) in [6, 6.07) is 19.9. The number of benzene rings is 2. The zero-order valence-corrected chi connectivity index (χ0v) is 17.1. The van der Waals surface area contributed by atoms with E-state index in [1.165, 1.54) is 0 Å². The number of rotatable bonds is 10. The van der Waals surface area contributed by atoms with Crippen molar-refractivity contribution in [2.45, 2.75) is 58.6 Å². The summed E-state index contributed by atoms with van der Waals surface area (Å²) in [5, 5.41) is 9.00. The fourth-order valence-electron chi connectivity index (χ4n) is 3.14. The molecule has 28 heavy (non-hydrogen) atoms. The van der Waals surface area contributed by atoms with Crippen LogP contribution in [-0.4, -0.2) is 23.5 Å². The molecule has 2 atom stereocenters. The van der Waals surface area contributed by atoms with Crippen molar-refractivity contribution in [3.63, 3.8) is 0 Å². The van der Waals surface area contributed by atoms with Crippen LogP contribution in [0.25, 0.3) is 0 Å². The summed E-state index contributed by atoms with van der Waals surface area (Å²) in [4.78, 5) is 15.0. The Morgan fingerprint density at radius 1 is 1.07 bits per heavy atom. The fourth-order valence-corrected chi connectivity index (χ4v) is 3.14. The number of amides is 1. The lowest BCUT2D eigenvalue weighted by Gasteiger charge is -2.28. The summed E-state index contributed by atoms with van der Waals surface area (Å²) in [5.74, 6) is 1.07. The van der Waals surface area contributed by atoms with Crippen molar-refractivity contribution in [3.8, 4) is 11.8 Å². The van der Waals surface area contributed by atoms with E-state index in [9.17, 15) is 4.79 Å². The minimum Gasteiger partial charge on any atom is -0.480 e. The van der Waals surface area contributed by atoms with Gasteiger partial charge in [-0.2, -0.15) is 5.26 Å². The van der Waals surface area contributed by atoms with Crippen LogP contribution in [0.3, 0.4) is 0 Å². The molecule has 0 aliphatic heterocycles. The average Bonchev–Trinajstić information content (AvgIpc) is 2.74. The van der Waals surface area contributed by atoms with Gasteiger partial charge in [0.2, 0.25) is 0 Å². The number of ether oxygens (including phenoxy) is 1. The van der Waals surface area contributed by atoms with Crippen LogP contribution in [0, 0.1) is 11.3 Å². The summed E-state index contributed by atoms with van der Waals surface area (Å²) in [6.07, 6.45) is 1.32. The third-order valence-electron chi connectivity index (χ3n) is 5.00. The maximum Gasteiger partial charge on any atom is 0.263 e. The summed E-state index contributed by atoms with van der Waals surface area (Å²) in [7, 11) is 0. The van der Waals surface area contributed by atoms with Crippen LogP contribution in [0.5, 0.6) is 5.75 Å². The number of para-hydroxylation sites is 1. The molecule has 2 unspecified atom stereocenters. The molecule has 0 radical (unpaired) electrons. The SMILES string of the molecule is CCC(Oc1ccccc1C(C)CC)C(=O)N(CCC#N)Cc1ccccc1. The standard InChI is InChI=1S/C24H30N2O2/c1-4-19(3)21-14-9-10-15-23(21)28-22(5-2)24(27)26(17-11-16-25)18-20-12-7-6-8-13-20/h6-10,12-15,19,22H,4-5,11,17-18H2,1-3H3. The van der Waals surface area contributed by atoms with Crippen molar-refractivity contribution in [2.24, 2.45) is 0 Å². The molecule has 148 valence electrons. The van der Waals surface area contributed by atoms with E-state index in [1.807, 2.05) is 55.5 Å². The van der Waals surface area contributed by atoms with E-state index in [-0.39, 0.29) is 5.91 Å². The molecule has 4 nitrogen and oxygen atoms in total. The average molecular weight is 379 g/mol. The molecular formula is C24H30N2O2. The van der Waals surface area contributed by atoms with Crippen molar-refractivity contribution in [3.05, 3.63) is 65.7 Å². The van der Waals surface area contributed by atoms with Crippen molar-refractivity contribution in [1.29, 1.82) is 5.26 Å². The highest BCUT2D eigenvalue weighted by atomic mass is 16.5. The largest absolute Gasteiger partial charge is 0.480 e. The predicted molar refractivity (Wildman–Crippen MR) is 112 cm³/mol. The molecule has 0 saturated heterocycles. The Labute approximate surface area is 168 Å². The second-order valence-electron chi connectivity index (χ2n) is 7.02. The lowest BCUT2D eigenvalue weighted by molar-refractivity contribution is -0.139. The summed E-state index contributed by atoms with van der Waals surface area (Å²) >= 11 is 0. The second-order valence-corrected chi connectivity index (χ2v) is 7.02. The van der Waals surface area contributed by atoms with Crippen molar-refractivity contribution < 1.29 is 9.53 Å². The molecular weight excluding hydrogens is 348 g/mol. The molecule has 0 spiro atoms. The van der Waals surface area contributed by atoms with Gasteiger partial charge in [0.15, 0.2) is 6.10 Å². The van der Waals surface area contributed by atoms with Crippen LogP contribution < -0.4 is 4.74 Å². The molecule has 0 aliphatic rings. The van der Waals surface area contributed by atoms with Crippen molar-refractivity contribution >= 4 is 5.91 Å². The van der Waals surface area contributed by atoms with Crippen LogP contribution in [0.15, 0.2) is 54.6 Å². The smallest absolute Gasteiger partial charge is 0.263 e. The first-order valence-corrected chi connectivity index (χ1v) is 10.1. The molecule has 0 saturated carbocycles. The van der Waals surface area contributed by atoms with Gasteiger partial charge in [0.05, 0.1) is 12.5 Å². The number of nitrogens with zero attached hydrogens (tertiary/aromatic N) is 2. The molecule has 2 rings (SSSR count). The van der Waals surface area contributed by atoms with Crippen LogP contribution >= 0.6 is 0 Å². The van der Waals surface area contributed by atoms with E-state index in [0.29, 0.717) is 31.8 Å². The van der Waals surface area contributed by atoms with E-state index in [1.54, 1.807) is 4.90 Å². The highest BCUT2D eigenvalue weighted by Crippen LogP contribution is 2.29. The Kier molecular flexibility index (Phi) is 8.55. The Hall–Kier alpha value is -2.80. The Bertz CT molecular complexity index is 783. The van der Waals surface area contributed by atoms with E-state index in [0.717, 1.165) is 23.3 Å². The van der Waals surface area contributed by atoms with Crippen LogP contribution in [-0.2, 0) is 11.3 Å². The molecule has 0 heterocycles. The van der Waals surface area contributed by atoms with Crippen LogP contribution in [0.2, 0.25) is 0 Å². The summed E-state index contributed by atoms with van der Waals surface area (Å²) in [6.45, 7) is 7.15. The molecule has 1 amide bonds. The Morgan fingerprint density at radius 3 is 2.39 bits per heavy atom. The van der Waals surface area contributed by atoms with Gasteiger partial charge in [-0.25, -0.2) is 0 Å². The monoisotopic (exact) mass is 378 g/mol. The Morgan fingerprint density at radius 2 is 1.75 bits per heavy atom. The normalized spacial score (nSPS) is 12.6. The number of carbonyl (C=O) groups is 1. The van der Waals surface area contributed by atoms with Crippen molar-refractivity contribution in [2.75, 3.05) is 6.54 Å². The first kappa shape index (κ1) is 21.5. The number of hydrogen-bond acceptors (Lipinski definition) is 3. The molecule has 0 aliphatic carbocycles. The van der Waals surface area contributed by atoms with E-state index < -0.39 is 6.10 Å². The summed E-state index contributed by atoms with van der Waals surface area (Å²) in [5.41, 5.74) is 2.17. The van der Waals surface area contributed by atoms with E-state index in [4.69, 9.17) is 10.00 Å². The number of nitriles is 1. The maximum absolute atomic E-state index is 13.2. The van der Waals surface area contributed by atoms with Gasteiger partial charge in [0, 0.05) is 13.1 Å². The zero-order valence-electron chi connectivity index (χ0n) is 17.1. The lowest BCUT2D eigenvalue weighted by Crippen LogP contribution is -2.42. The first-order chi connectivity index (χ1) is 13.6. The molecule has 4 heteroatoms. The Balaban J connectivity index is 2.20.